The lowest BCUT2D eigenvalue weighted by molar-refractivity contribution is 0.0486. The fraction of sp³-hybridized carbons (Fsp3) is 0.133. The second-order valence-corrected chi connectivity index (χ2v) is 3.94. The average Bonchev–Trinajstić information content (AvgIpc) is 2.47. The lowest BCUT2D eigenvalue weighted by Crippen LogP contribution is -2.17. The molecule has 2 rings (SSSR count). The summed E-state index contributed by atoms with van der Waals surface area (Å²) >= 11 is 0. The molecule has 5 nitrogen and oxygen atoms in total. The van der Waals surface area contributed by atoms with Crippen LogP contribution < -0.4 is 5.43 Å². The predicted molar refractivity (Wildman–Crippen MR) is 70.8 cm³/mol. The highest BCUT2D eigenvalue weighted by Gasteiger charge is 2.17. The van der Waals surface area contributed by atoms with Crippen molar-refractivity contribution in [2.24, 2.45) is 0 Å². The largest absolute Gasteiger partial charge is 0.460 e. The SMILES string of the molecule is CCOC(=O)c1cc(=O)c(C(=O)c2ccccc2)co1. The quantitative estimate of drug-likeness (QED) is 0.629. The van der Waals surface area contributed by atoms with E-state index in [1.165, 1.54) is 0 Å². The molecule has 0 fully saturated rings. The van der Waals surface area contributed by atoms with Gasteiger partial charge in [0.05, 0.1) is 6.61 Å². The average molecular weight is 272 g/mol. The lowest BCUT2D eigenvalue weighted by Gasteiger charge is -2.02. The standard InChI is InChI=1S/C15H12O5/c1-2-19-15(18)13-8-12(16)11(9-20-13)14(17)10-6-4-3-5-7-10/h3-9H,2H2,1H3. The Morgan fingerprint density at radius 3 is 2.50 bits per heavy atom. The molecule has 0 unspecified atom stereocenters. The summed E-state index contributed by atoms with van der Waals surface area (Å²) in [5, 5.41) is 0. The molecule has 0 radical (unpaired) electrons. The summed E-state index contributed by atoms with van der Waals surface area (Å²) in [6.45, 7) is 1.82. The molecular weight excluding hydrogens is 260 g/mol. The molecule has 0 N–H and O–H groups in total. The molecule has 1 heterocycles. The van der Waals surface area contributed by atoms with Crippen LogP contribution in [-0.2, 0) is 4.74 Å². The maximum atomic E-state index is 12.1. The molecule has 0 aliphatic carbocycles. The molecule has 0 aliphatic heterocycles. The minimum absolute atomic E-state index is 0.121. The van der Waals surface area contributed by atoms with E-state index in [0.717, 1.165) is 12.3 Å². The second kappa shape index (κ2) is 5.97. The Bertz CT molecular complexity index is 685. The van der Waals surface area contributed by atoms with Gasteiger partial charge >= 0.3 is 5.97 Å². The summed E-state index contributed by atoms with van der Waals surface area (Å²) in [4.78, 5) is 35.4. The van der Waals surface area contributed by atoms with E-state index in [1.54, 1.807) is 37.3 Å². The molecule has 0 aliphatic rings. The monoisotopic (exact) mass is 272 g/mol. The van der Waals surface area contributed by atoms with Crippen molar-refractivity contribution in [1.29, 1.82) is 0 Å². The summed E-state index contributed by atoms with van der Waals surface area (Å²) in [6, 6.07) is 9.32. The highest BCUT2D eigenvalue weighted by Crippen LogP contribution is 2.08. The third kappa shape index (κ3) is 2.83. The number of hydrogen-bond acceptors (Lipinski definition) is 5. The van der Waals surface area contributed by atoms with Crippen LogP contribution in [0.1, 0.15) is 33.4 Å². The summed E-state index contributed by atoms with van der Waals surface area (Å²) in [5.41, 5.74) is -0.318. The summed E-state index contributed by atoms with van der Waals surface area (Å²) in [7, 11) is 0. The molecule has 2 aromatic rings. The maximum Gasteiger partial charge on any atom is 0.374 e. The summed E-state index contributed by atoms with van der Waals surface area (Å²) in [6.07, 6.45) is 0.990. The lowest BCUT2D eigenvalue weighted by atomic mass is 10.1. The topological polar surface area (TPSA) is 73.6 Å². The van der Waals surface area contributed by atoms with Gasteiger partial charge in [0.25, 0.3) is 0 Å². The normalized spacial score (nSPS) is 10.1. The number of benzene rings is 1. The minimum atomic E-state index is -0.733. The smallest absolute Gasteiger partial charge is 0.374 e. The van der Waals surface area contributed by atoms with E-state index < -0.39 is 17.2 Å². The minimum Gasteiger partial charge on any atom is -0.460 e. The number of ketones is 1. The van der Waals surface area contributed by atoms with Crippen LogP contribution in [0.4, 0.5) is 0 Å². The van der Waals surface area contributed by atoms with E-state index in [0.29, 0.717) is 5.56 Å². The van der Waals surface area contributed by atoms with E-state index in [2.05, 4.69) is 0 Å². The van der Waals surface area contributed by atoms with E-state index in [-0.39, 0.29) is 17.9 Å². The molecule has 1 aromatic heterocycles. The molecule has 20 heavy (non-hydrogen) atoms. The summed E-state index contributed by atoms with van der Waals surface area (Å²) < 4.78 is 9.71. The molecule has 0 bridgehead atoms. The van der Waals surface area contributed by atoms with Crippen molar-refractivity contribution in [1.82, 2.24) is 0 Å². The van der Waals surface area contributed by atoms with Gasteiger partial charge in [-0.1, -0.05) is 30.3 Å². The van der Waals surface area contributed by atoms with Crippen molar-refractivity contribution in [2.45, 2.75) is 6.92 Å². The van der Waals surface area contributed by atoms with Crippen molar-refractivity contribution in [3.8, 4) is 0 Å². The van der Waals surface area contributed by atoms with Gasteiger partial charge in [0.15, 0.2) is 11.2 Å². The Hall–Kier alpha value is -2.69. The molecule has 102 valence electrons. The molecule has 0 atom stereocenters. The molecule has 0 spiro atoms. The van der Waals surface area contributed by atoms with Crippen LogP contribution in [-0.4, -0.2) is 18.4 Å². The molecule has 0 saturated heterocycles. The Morgan fingerprint density at radius 2 is 1.90 bits per heavy atom. The Morgan fingerprint density at radius 1 is 1.20 bits per heavy atom. The van der Waals surface area contributed by atoms with Crippen LogP contribution >= 0.6 is 0 Å². The molecule has 0 saturated carbocycles. The number of carbonyl (C=O) groups is 2. The van der Waals surface area contributed by atoms with Gasteiger partial charge in [0, 0.05) is 11.6 Å². The van der Waals surface area contributed by atoms with Crippen LogP contribution in [0.25, 0.3) is 0 Å². The Balaban J connectivity index is 2.33. The van der Waals surface area contributed by atoms with Crippen molar-refractivity contribution in [3.63, 3.8) is 0 Å². The van der Waals surface area contributed by atoms with Crippen molar-refractivity contribution >= 4 is 11.8 Å². The van der Waals surface area contributed by atoms with E-state index in [1.807, 2.05) is 0 Å². The molecule has 0 amide bonds. The maximum absolute atomic E-state index is 12.1. The third-order valence-electron chi connectivity index (χ3n) is 2.59. The van der Waals surface area contributed by atoms with Gasteiger partial charge in [-0.3, -0.25) is 9.59 Å². The van der Waals surface area contributed by atoms with Crippen LogP contribution in [0.3, 0.4) is 0 Å². The van der Waals surface area contributed by atoms with Crippen molar-refractivity contribution in [2.75, 3.05) is 6.61 Å². The second-order valence-electron chi connectivity index (χ2n) is 3.94. The van der Waals surface area contributed by atoms with Gasteiger partial charge in [-0.15, -0.1) is 0 Å². The van der Waals surface area contributed by atoms with Gasteiger partial charge in [-0.25, -0.2) is 4.79 Å². The fourth-order valence-electron chi connectivity index (χ4n) is 1.63. The van der Waals surface area contributed by atoms with Crippen LogP contribution in [0.2, 0.25) is 0 Å². The van der Waals surface area contributed by atoms with E-state index >= 15 is 0 Å². The first-order valence-corrected chi connectivity index (χ1v) is 6.03. The first-order valence-electron chi connectivity index (χ1n) is 6.03. The summed E-state index contributed by atoms with van der Waals surface area (Å²) in [5.74, 6) is -1.40. The highest BCUT2D eigenvalue weighted by molar-refractivity contribution is 6.08. The van der Waals surface area contributed by atoms with Crippen molar-refractivity contribution in [3.05, 3.63) is 69.8 Å². The first-order chi connectivity index (χ1) is 9.63. The zero-order valence-corrected chi connectivity index (χ0v) is 10.8. The van der Waals surface area contributed by atoms with E-state index in [9.17, 15) is 14.4 Å². The Labute approximate surface area is 114 Å². The van der Waals surface area contributed by atoms with Gasteiger partial charge in [0.1, 0.15) is 11.8 Å². The first kappa shape index (κ1) is 13.7. The van der Waals surface area contributed by atoms with Crippen molar-refractivity contribution < 1.29 is 18.7 Å². The van der Waals surface area contributed by atoms with Crippen LogP contribution in [0, 0.1) is 0 Å². The number of carbonyl (C=O) groups excluding carboxylic acids is 2. The van der Waals surface area contributed by atoms with Gasteiger partial charge in [-0.2, -0.15) is 0 Å². The predicted octanol–water partition coefficient (Wildman–Crippen LogP) is 2.05. The van der Waals surface area contributed by atoms with Crippen LogP contribution in [0.5, 0.6) is 0 Å². The fourth-order valence-corrected chi connectivity index (χ4v) is 1.63. The molecular formula is C15H12O5. The number of rotatable bonds is 4. The third-order valence-corrected chi connectivity index (χ3v) is 2.59. The van der Waals surface area contributed by atoms with Crippen LogP contribution in [0.15, 0.2) is 51.9 Å². The van der Waals surface area contributed by atoms with E-state index in [4.69, 9.17) is 9.15 Å². The zero-order valence-electron chi connectivity index (χ0n) is 10.8. The Kier molecular flexibility index (Phi) is 4.10. The molecule has 5 heteroatoms. The number of esters is 1. The van der Waals surface area contributed by atoms with Gasteiger partial charge in [-0.05, 0) is 6.92 Å². The number of hydrogen-bond donors (Lipinski definition) is 0. The number of ether oxygens (including phenoxy) is 1. The zero-order chi connectivity index (χ0) is 14.5. The highest BCUT2D eigenvalue weighted by atomic mass is 16.5. The molecule has 1 aromatic carbocycles. The van der Waals surface area contributed by atoms with Gasteiger partial charge < -0.3 is 9.15 Å². The van der Waals surface area contributed by atoms with Gasteiger partial charge in [0.2, 0.25) is 5.76 Å².